The summed E-state index contributed by atoms with van der Waals surface area (Å²) >= 11 is 0. The van der Waals surface area contributed by atoms with E-state index in [-0.39, 0.29) is 11.8 Å². The van der Waals surface area contributed by atoms with Crippen LogP contribution >= 0.6 is 0 Å². The van der Waals surface area contributed by atoms with E-state index in [1.807, 2.05) is 36.4 Å². The molecule has 9 nitrogen and oxygen atoms in total. The standard InChI is InChI=1S/C18H21N3O3.C10H11NO2/c1-21-10-8-14(9-11-21)16(22)13-5-2-12(3-6-13)4-7-15-17(23)20-18(24)19-15;1-11-6-7-3-4-8(13-2)5-9(7)10(11)12/h2-3,5-6,14-16,22H,8-11H2,1H3,(H2,19,20,23,24);3-5H,6H2,1-2H3. The number of aliphatic hydroxyl groups is 1. The summed E-state index contributed by atoms with van der Waals surface area (Å²) in [7, 11) is 5.50. The lowest BCUT2D eigenvalue weighted by molar-refractivity contribution is -0.119. The smallest absolute Gasteiger partial charge is 0.322 e. The van der Waals surface area contributed by atoms with Gasteiger partial charge in [0.05, 0.1) is 13.2 Å². The van der Waals surface area contributed by atoms with Gasteiger partial charge in [-0.05, 0) is 74.3 Å². The number of carbonyl (C=O) groups is 3. The number of piperidine rings is 1. The molecule has 4 amide bonds. The number of likely N-dealkylation sites (tertiary alicyclic amines) is 1. The van der Waals surface area contributed by atoms with Crippen LogP contribution in [0.4, 0.5) is 4.79 Å². The summed E-state index contributed by atoms with van der Waals surface area (Å²) in [5, 5.41) is 15.1. The molecule has 194 valence electrons. The van der Waals surface area contributed by atoms with Gasteiger partial charge >= 0.3 is 6.03 Å². The van der Waals surface area contributed by atoms with Crippen LogP contribution in [0.1, 0.15) is 46.0 Å². The molecule has 2 unspecified atom stereocenters. The van der Waals surface area contributed by atoms with Gasteiger partial charge in [-0.1, -0.05) is 30.0 Å². The lowest BCUT2D eigenvalue weighted by Crippen LogP contribution is -2.32. The maximum atomic E-state index is 11.5. The van der Waals surface area contributed by atoms with E-state index in [9.17, 15) is 19.5 Å². The Kier molecular flexibility index (Phi) is 8.11. The van der Waals surface area contributed by atoms with Crippen molar-refractivity contribution in [1.29, 1.82) is 0 Å². The number of fused-ring (bicyclic) bond motifs is 1. The van der Waals surface area contributed by atoms with E-state index in [1.54, 1.807) is 25.1 Å². The Bertz CT molecular complexity index is 1230. The Balaban J connectivity index is 0.000000207. The van der Waals surface area contributed by atoms with E-state index in [0.717, 1.165) is 53.9 Å². The number of nitrogens with zero attached hydrogens (tertiary/aromatic N) is 2. The average Bonchev–Trinajstić information content (AvgIpc) is 3.39. The first kappa shape index (κ1) is 26.2. The van der Waals surface area contributed by atoms with Crippen LogP contribution in [0.15, 0.2) is 42.5 Å². The van der Waals surface area contributed by atoms with Crippen LogP contribution in [0.2, 0.25) is 0 Å². The van der Waals surface area contributed by atoms with Crippen molar-refractivity contribution in [2.45, 2.75) is 31.5 Å². The number of hydrogen-bond acceptors (Lipinski definition) is 6. The third kappa shape index (κ3) is 6.28. The molecule has 5 rings (SSSR count). The summed E-state index contributed by atoms with van der Waals surface area (Å²) in [4.78, 5) is 37.9. The van der Waals surface area contributed by atoms with Crippen LogP contribution in [0.25, 0.3) is 0 Å². The normalized spacial score (nSPS) is 20.2. The minimum Gasteiger partial charge on any atom is -0.497 e. The number of methoxy groups -OCH3 is 1. The molecular weight excluding hydrogens is 472 g/mol. The summed E-state index contributed by atoms with van der Waals surface area (Å²) in [6.07, 6.45) is 1.53. The van der Waals surface area contributed by atoms with Crippen LogP contribution in [0.5, 0.6) is 5.75 Å². The molecule has 2 saturated heterocycles. The van der Waals surface area contributed by atoms with Crippen LogP contribution in [-0.2, 0) is 11.3 Å². The van der Waals surface area contributed by atoms with Gasteiger partial charge in [-0.3, -0.25) is 14.9 Å². The molecular formula is C28H32N4O5. The average molecular weight is 505 g/mol. The summed E-state index contributed by atoms with van der Waals surface area (Å²) in [5.41, 5.74) is 3.47. The predicted octanol–water partition coefficient (Wildman–Crippen LogP) is 1.90. The van der Waals surface area contributed by atoms with Crippen molar-refractivity contribution in [2.75, 3.05) is 34.3 Å². The molecule has 0 saturated carbocycles. The molecule has 0 bridgehead atoms. The largest absolute Gasteiger partial charge is 0.497 e. The van der Waals surface area contributed by atoms with Gasteiger partial charge in [0.15, 0.2) is 6.04 Å². The Morgan fingerprint density at radius 2 is 1.76 bits per heavy atom. The molecule has 2 fully saturated rings. The fraction of sp³-hybridized carbons (Fsp3) is 0.393. The molecule has 2 aromatic carbocycles. The van der Waals surface area contributed by atoms with Gasteiger partial charge in [-0.15, -0.1) is 0 Å². The third-order valence-corrected chi connectivity index (χ3v) is 6.90. The summed E-state index contributed by atoms with van der Waals surface area (Å²) in [6.45, 7) is 2.74. The zero-order valence-corrected chi connectivity index (χ0v) is 21.3. The van der Waals surface area contributed by atoms with E-state index in [2.05, 4.69) is 34.4 Å². The van der Waals surface area contributed by atoms with Crippen LogP contribution in [0, 0.1) is 17.8 Å². The number of hydrogen-bond donors (Lipinski definition) is 3. The first-order chi connectivity index (χ1) is 17.7. The van der Waals surface area contributed by atoms with E-state index < -0.39 is 24.1 Å². The van der Waals surface area contributed by atoms with Crippen molar-refractivity contribution >= 4 is 17.8 Å². The molecule has 9 heteroatoms. The Morgan fingerprint density at radius 3 is 2.38 bits per heavy atom. The molecule has 3 aliphatic rings. The minimum atomic E-state index is -0.804. The van der Waals surface area contributed by atoms with Crippen molar-refractivity contribution in [1.82, 2.24) is 20.4 Å². The molecule has 3 N–H and O–H groups in total. The highest BCUT2D eigenvalue weighted by Gasteiger charge is 2.28. The predicted molar refractivity (Wildman–Crippen MR) is 138 cm³/mol. The van der Waals surface area contributed by atoms with E-state index in [0.29, 0.717) is 6.54 Å². The second-order valence-corrected chi connectivity index (χ2v) is 9.56. The number of benzene rings is 2. The first-order valence-corrected chi connectivity index (χ1v) is 12.3. The van der Waals surface area contributed by atoms with Gasteiger partial charge in [0.25, 0.3) is 11.8 Å². The zero-order valence-electron chi connectivity index (χ0n) is 21.3. The van der Waals surface area contributed by atoms with Crippen LogP contribution in [0.3, 0.4) is 0 Å². The summed E-state index contributed by atoms with van der Waals surface area (Å²) < 4.78 is 5.05. The molecule has 2 aromatic rings. The topological polar surface area (TPSA) is 111 Å². The van der Waals surface area contributed by atoms with Crippen molar-refractivity contribution in [3.8, 4) is 17.6 Å². The number of carbonyl (C=O) groups excluding carboxylic acids is 3. The SMILES string of the molecule is CN1CCC(C(O)c2ccc(C#CC3NC(=O)NC3=O)cc2)CC1.COc1ccc2c(c1)C(=O)N(C)C2. The van der Waals surface area contributed by atoms with Crippen LogP contribution < -0.4 is 15.4 Å². The lowest BCUT2D eigenvalue weighted by atomic mass is 9.87. The molecule has 37 heavy (non-hydrogen) atoms. The number of aliphatic hydroxyl groups excluding tert-OH is 1. The second-order valence-electron chi connectivity index (χ2n) is 9.56. The maximum Gasteiger partial charge on any atom is 0.322 e. The summed E-state index contributed by atoms with van der Waals surface area (Å²) in [5.74, 6) is 6.28. The second kappa shape index (κ2) is 11.5. The zero-order chi connectivity index (χ0) is 26.5. The monoisotopic (exact) mass is 504 g/mol. The molecule has 3 heterocycles. The van der Waals surface area contributed by atoms with Gasteiger partial charge in [0.1, 0.15) is 5.75 Å². The first-order valence-electron chi connectivity index (χ1n) is 12.3. The summed E-state index contributed by atoms with van der Waals surface area (Å²) in [6, 6.07) is 11.7. The van der Waals surface area contributed by atoms with Crippen molar-refractivity contribution in [2.24, 2.45) is 5.92 Å². The Hall–Kier alpha value is -3.87. The fourth-order valence-corrected chi connectivity index (χ4v) is 4.61. The highest BCUT2D eigenvalue weighted by Crippen LogP contribution is 2.30. The van der Waals surface area contributed by atoms with Gasteiger partial charge in [0, 0.05) is 24.7 Å². The number of imide groups is 1. The highest BCUT2D eigenvalue weighted by molar-refractivity contribution is 6.05. The van der Waals surface area contributed by atoms with Crippen molar-refractivity contribution in [3.05, 3.63) is 64.7 Å². The van der Waals surface area contributed by atoms with Crippen LogP contribution in [-0.4, -0.2) is 73.1 Å². The van der Waals surface area contributed by atoms with Crippen molar-refractivity contribution < 1.29 is 24.2 Å². The molecule has 0 radical (unpaired) electrons. The fourth-order valence-electron chi connectivity index (χ4n) is 4.61. The van der Waals surface area contributed by atoms with Crippen molar-refractivity contribution in [3.63, 3.8) is 0 Å². The van der Waals surface area contributed by atoms with Gasteiger partial charge in [-0.25, -0.2) is 4.79 Å². The molecule has 0 aromatic heterocycles. The van der Waals surface area contributed by atoms with Gasteiger partial charge in [-0.2, -0.15) is 0 Å². The van der Waals surface area contributed by atoms with E-state index in [4.69, 9.17) is 4.74 Å². The molecule has 0 aliphatic carbocycles. The Morgan fingerprint density at radius 1 is 1.05 bits per heavy atom. The molecule has 2 atom stereocenters. The van der Waals surface area contributed by atoms with Gasteiger partial charge < -0.3 is 25.0 Å². The maximum absolute atomic E-state index is 11.5. The molecule has 0 spiro atoms. The number of nitrogens with one attached hydrogen (secondary N) is 2. The minimum absolute atomic E-state index is 0.0777. The van der Waals surface area contributed by atoms with E-state index in [1.165, 1.54) is 0 Å². The highest BCUT2D eigenvalue weighted by atomic mass is 16.5. The Labute approximate surface area is 216 Å². The number of rotatable bonds is 3. The number of ether oxygens (including phenoxy) is 1. The third-order valence-electron chi connectivity index (χ3n) is 6.90. The molecule has 3 aliphatic heterocycles. The lowest BCUT2D eigenvalue weighted by Gasteiger charge is -2.32. The van der Waals surface area contributed by atoms with Gasteiger partial charge in [0.2, 0.25) is 0 Å². The number of amides is 4. The number of urea groups is 1. The quantitative estimate of drug-likeness (QED) is 0.435. The van der Waals surface area contributed by atoms with E-state index >= 15 is 0 Å².